The van der Waals surface area contributed by atoms with E-state index in [1.165, 1.54) is 6.33 Å². The van der Waals surface area contributed by atoms with Crippen LogP contribution in [0.25, 0.3) is 11.3 Å². The first-order chi connectivity index (χ1) is 7.18. The summed E-state index contributed by atoms with van der Waals surface area (Å²) >= 11 is 5.83. The Morgan fingerprint density at radius 3 is 2.80 bits per heavy atom. The molecule has 2 N–H and O–H groups in total. The first-order valence-electron chi connectivity index (χ1n) is 4.51. The summed E-state index contributed by atoms with van der Waals surface area (Å²) in [6.07, 6.45) is 1.41. The van der Waals surface area contributed by atoms with Crippen LogP contribution >= 0.6 is 11.6 Å². The van der Waals surface area contributed by atoms with E-state index in [2.05, 4.69) is 9.97 Å². The highest BCUT2D eigenvalue weighted by Gasteiger charge is 2.07. The fourth-order valence-electron chi connectivity index (χ4n) is 1.40. The van der Waals surface area contributed by atoms with Crippen LogP contribution in [0.1, 0.15) is 5.56 Å². The van der Waals surface area contributed by atoms with Crippen LogP contribution in [0.2, 0.25) is 5.15 Å². The second kappa shape index (κ2) is 3.87. The summed E-state index contributed by atoms with van der Waals surface area (Å²) in [5.41, 5.74) is 9.02. The van der Waals surface area contributed by atoms with Crippen molar-refractivity contribution >= 4 is 17.3 Å². The molecule has 0 spiro atoms. The zero-order valence-electron chi connectivity index (χ0n) is 8.24. The Bertz CT molecular complexity index is 497. The van der Waals surface area contributed by atoms with Crippen molar-refractivity contribution in [3.63, 3.8) is 0 Å². The monoisotopic (exact) mass is 219 g/mol. The van der Waals surface area contributed by atoms with Crippen molar-refractivity contribution in [1.82, 2.24) is 9.97 Å². The Hall–Kier alpha value is -1.61. The summed E-state index contributed by atoms with van der Waals surface area (Å²) in [5, 5.41) is 0.293. The van der Waals surface area contributed by atoms with Gasteiger partial charge in [0, 0.05) is 5.56 Å². The zero-order chi connectivity index (χ0) is 10.8. The smallest absolute Gasteiger partial charge is 0.155 e. The van der Waals surface area contributed by atoms with Crippen LogP contribution in [0.15, 0.2) is 30.6 Å². The van der Waals surface area contributed by atoms with Crippen molar-refractivity contribution < 1.29 is 0 Å². The molecule has 0 saturated heterocycles. The van der Waals surface area contributed by atoms with Crippen molar-refractivity contribution in [2.45, 2.75) is 6.92 Å². The number of rotatable bonds is 1. The third-order valence-corrected chi connectivity index (χ3v) is 2.43. The fraction of sp³-hybridized carbons (Fsp3) is 0.0909. The van der Waals surface area contributed by atoms with E-state index in [0.29, 0.717) is 16.5 Å². The molecule has 0 fully saturated rings. The first-order valence-corrected chi connectivity index (χ1v) is 4.89. The van der Waals surface area contributed by atoms with Crippen LogP contribution in [-0.2, 0) is 0 Å². The fourth-order valence-corrected chi connectivity index (χ4v) is 1.53. The molecule has 1 heterocycles. The van der Waals surface area contributed by atoms with Gasteiger partial charge in [0.25, 0.3) is 0 Å². The summed E-state index contributed by atoms with van der Waals surface area (Å²) < 4.78 is 0. The maximum Gasteiger partial charge on any atom is 0.155 e. The second-order valence-electron chi connectivity index (χ2n) is 3.30. The predicted octanol–water partition coefficient (Wildman–Crippen LogP) is 2.69. The van der Waals surface area contributed by atoms with Gasteiger partial charge in [-0.3, -0.25) is 0 Å². The van der Waals surface area contributed by atoms with Crippen LogP contribution in [0.3, 0.4) is 0 Å². The maximum absolute atomic E-state index is 5.83. The number of aryl methyl sites for hydroxylation is 1. The molecular formula is C11H10ClN3. The lowest BCUT2D eigenvalue weighted by atomic mass is 10.1. The summed E-state index contributed by atoms with van der Waals surface area (Å²) in [6, 6.07) is 7.93. The van der Waals surface area contributed by atoms with Crippen molar-refractivity contribution in [1.29, 1.82) is 0 Å². The largest absolute Gasteiger partial charge is 0.394 e. The Kier molecular flexibility index (Phi) is 2.56. The van der Waals surface area contributed by atoms with Crippen LogP contribution in [0.4, 0.5) is 5.69 Å². The van der Waals surface area contributed by atoms with E-state index < -0.39 is 0 Å². The molecule has 0 unspecified atom stereocenters. The molecule has 1 aromatic carbocycles. The van der Waals surface area contributed by atoms with E-state index >= 15 is 0 Å². The van der Waals surface area contributed by atoms with Gasteiger partial charge in [-0.15, -0.1) is 0 Å². The average Bonchev–Trinajstić information content (AvgIpc) is 2.22. The number of halogens is 1. The molecule has 0 atom stereocenters. The van der Waals surface area contributed by atoms with E-state index in [9.17, 15) is 0 Å². The number of nitrogens with two attached hydrogens (primary N) is 1. The standard InChI is InChI=1S/C11H10ClN3/c1-7-3-2-4-8(5-7)10-9(13)11(12)15-6-14-10/h2-6H,13H2,1H3. The quantitative estimate of drug-likeness (QED) is 0.751. The third kappa shape index (κ3) is 1.92. The molecule has 4 heteroatoms. The van der Waals surface area contributed by atoms with Gasteiger partial charge in [0.05, 0.1) is 11.4 Å². The summed E-state index contributed by atoms with van der Waals surface area (Å²) in [5.74, 6) is 0. The normalized spacial score (nSPS) is 10.3. The predicted molar refractivity (Wildman–Crippen MR) is 61.6 cm³/mol. The Morgan fingerprint density at radius 2 is 2.07 bits per heavy atom. The lowest BCUT2D eigenvalue weighted by Gasteiger charge is -2.05. The highest BCUT2D eigenvalue weighted by Crippen LogP contribution is 2.27. The average molecular weight is 220 g/mol. The van der Waals surface area contributed by atoms with E-state index in [0.717, 1.165) is 11.1 Å². The van der Waals surface area contributed by atoms with Gasteiger partial charge in [0.2, 0.25) is 0 Å². The molecule has 76 valence electrons. The zero-order valence-corrected chi connectivity index (χ0v) is 8.99. The SMILES string of the molecule is Cc1cccc(-c2ncnc(Cl)c2N)c1. The third-order valence-electron chi connectivity index (χ3n) is 2.13. The number of hydrogen-bond donors (Lipinski definition) is 1. The Balaban J connectivity index is 2.59. The Labute approximate surface area is 92.9 Å². The summed E-state index contributed by atoms with van der Waals surface area (Å²) in [6.45, 7) is 2.02. The molecule has 15 heavy (non-hydrogen) atoms. The van der Waals surface area contributed by atoms with Gasteiger partial charge in [-0.1, -0.05) is 35.4 Å². The second-order valence-corrected chi connectivity index (χ2v) is 3.65. The molecule has 0 aliphatic heterocycles. The van der Waals surface area contributed by atoms with Gasteiger partial charge in [-0.05, 0) is 13.0 Å². The Morgan fingerprint density at radius 1 is 1.27 bits per heavy atom. The number of nitrogens with zero attached hydrogens (tertiary/aromatic N) is 2. The minimum atomic E-state index is 0.293. The summed E-state index contributed by atoms with van der Waals surface area (Å²) in [7, 11) is 0. The molecule has 3 nitrogen and oxygen atoms in total. The van der Waals surface area contributed by atoms with Gasteiger partial charge in [0.15, 0.2) is 5.15 Å². The highest BCUT2D eigenvalue weighted by atomic mass is 35.5. The molecule has 0 bridgehead atoms. The van der Waals surface area contributed by atoms with Crippen LogP contribution in [-0.4, -0.2) is 9.97 Å². The van der Waals surface area contributed by atoms with E-state index in [4.69, 9.17) is 17.3 Å². The van der Waals surface area contributed by atoms with Gasteiger partial charge < -0.3 is 5.73 Å². The van der Waals surface area contributed by atoms with Crippen LogP contribution in [0, 0.1) is 6.92 Å². The van der Waals surface area contributed by atoms with Crippen LogP contribution < -0.4 is 5.73 Å². The van der Waals surface area contributed by atoms with Crippen LogP contribution in [0.5, 0.6) is 0 Å². The number of nitrogen functional groups attached to an aromatic ring is 1. The van der Waals surface area contributed by atoms with Gasteiger partial charge in [0.1, 0.15) is 6.33 Å². The van der Waals surface area contributed by atoms with Crippen molar-refractivity contribution in [2.75, 3.05) is 5.73 Å². The molecular weight excluding hydrogens is 210 g/mol. The van der Waals surface area contributed by atoms with Gasteiger partial charge >= 0.3 is 0 Å². The van der Waals surface area contributed by atoms with E-state index in [1.54, 1.807) is 0 Å². The van der Waals surface area contributed by atoms with Crippen molar-refractivity contribution in [3.05, 3.63) is 41.3 Å². The van der Waals surface area contributed by atoms with E-state index in [-0.39, 0.29) is 0 Å². The first kappa shape index (κ1) is 9.93. The molecule has 0 radical (unpaired) electrons. The van der Waals surface area contributed by atoms with Gasteiger partial charge in [-0.25, -0.2) is 9.97 Å². The highest BCUT2D eigenvalue weighted by molar-refractivity contribution is 6.32. The topological polar surface area (TPSA) is 51.8 Å². The van der Waals surface area contributed by atoms with Crippen molar-refractivity contribution in [2.24, 2.45) is 0 Å². The molecule has 0 amide bonds. The summed E-state index contributed by atoms with van der Waals surface area (Å²) in [4.78, 5) is 7.95. The minimum Gasteiger partial charge on any atom is -0.394 e. The number of anilines is 1. The van der Waals surface area contributed by atoms with Gasteiger partial charge in [-0.2, -0.15) is 0 Å². The lowest BCUT2D eigenvalue weighted by Crippen LogP contribution is -1.96. The molecule has 2 rings (SSSR count). The minimum absolute atomic E-state index is 0.293. The molecule has 1 aromatic heterocycles. The number of benzene rings is 1. The van der Waals surface area contributed by atoms with Crippen molar-refractivity contribution in [3.8, 4) is 11.3 Å². The molecule has 0 aliphatic rings. The van der Waals surface area contributed by atoms with E-state index in [1.807, 2.05) is 31.2 Å². The number of hydrogen-bond acceptors (Lipinski definition) is 3. The molecule has 2 aromatic rings. The number of aromatic nitrogens is 2. The lowest BCUT2D eigenvalue weighted by molar-refractivity contribution is 1.18. The molecule has 0 saturated carbocycles. The molecule has 0 aliphatic carbocycles. The maximum atomic E-state index is 5.83.